The number of hydrogen-bond donors (Lipinski definition) is 1. The first kappa shape index (κ1) is 16.5. The van der Waals surface area contributed by atoms with E-state index in [1.807, 2.05) is 6.92 Å². The molecule has 2 heterocycles. The highest BCUT2D eigenvalue weighted by atomic mass is 32.1. The summed E-state index contributed by atoms with van der Waals surface area (Å²) in [6, 6.07) is 8.53. The number of aryl methyl sites for hydroxylation is 1. The molecule has 0 radical (unpaired) electrons. The van der Waals surface area contributed by atoms with Crippen LogP contribution in [0.3, 0.4) is 0 Å². The van der Waals surface area contributed by atoms with E-state index in [2.05, 4.69) is 5.32 Å². The molecule has 4 amide bonds. The van der Waals surface area contributed by atoms with E-state index in [1.165, 1.54) is 18.2 Å². The first-order valence-corrected chi connectivity index (χ1v) is 7.91. The van der Waals surface area contributed by atoms with Crippen molar-refractivity contribution in [3.8, 4) is 0 Å². The molecule has 9 heteroatoms. The van der Waals surface area contributed by atoms with E-state index in [0.717, 1.165) is 21.8 Å². The number of amides is 4. The smallest absolute Gasteiger partial charge is 0.273 e. The van der Waals surface area contributed by atoms with Gasteiger partial charge in [0.15, 0.2) is 0 Å². The maximum Gasteiger partial charge on any atom is 0.335 e. The Balaban J connectivity index is 1.98. The Bertz CT molecular complexity index is 930. The van der Waals surface area contributed by atoms with Crippen molar-refractivity contribution >= 4 is 45.9 Å². The number of thiophene rings is 1. The number of nitrogens with one attached hydrogen (secondary N) is 1. The molecule has 0 saturated carbocycles. The number of nitro groups is 1. The molecule has 2 aromatic rings. The SMILES string of the molecule is Cc1ccc(N2C(=O)NC(=O)/C(=C/c3ccc([N+](=O)[O-])s3)C2=O)cc1. The van der Waals surface area contributed by atoms with Gasteiger partial charge in [-0.3, -0.25) is 25.0 Å². The largest absolute Gasteiger partial charge is 0.335 e. The summed E-state index contributed by atoms with van der Waals surface area (Å²) < 4.78 is 0. The third kappa shape index (κ3) is 3.17. The number of imide groups is 2. The zero-order valence-corrected chi connectivity index (χ0v) is 13.7. The Hall–Kier alpha value is -3.33. The van der Waals surface area contributed by atoms with Crippen LogP contribution in [0.1, 0.15) is 10.4 Å². The van der Waals surface area contributed by atoms with Crippen molar-refractivity contribution in [1.82, 2.24) is 5.32 Å². The van der Waals surface area contributed by atoms with E-state index >= 15 is 0 Å². The molecule has 1 aromatic carbocycles. The number of anilines is 1. The molecule has 1 aliphatic rings. The van der Waals surface area contributed by atoms with Gasteiger partial charge in [-0.05, 0) is 31.2 Å². The summed E-state index contributed by atoms with van der Waals surface area (Å²) in [6.45, 7) is 1.86. The van der Waals surface area contributed by atoms with Crippen molar-refractivity contribution in [2.24, 2.45) is 0 Å². The standard InChI is InChI=1S/C16H11N3O5S/c1-9-2-4-10(5-3-9)18-15(21)12(14(20)17-16(18)22)8-11-6-7-13(25-11)19(23)24/h2-8H,1H3,(H,17,20,22)/b12-8-. The van der Waals surface area contributed by atoms with Gasteiger partial charge in [0.05, 0.1) is 10.6 Å². The highest BCUT2D eigenvalue weighted by Gasteiger charge is 2.36. The van der Waals surface area contributed by atoms with Gasteiger partial charge in [0.1, 0.15) is 5.57 Å². The first-order chi connectivity index (χ1) is 11.9. The summed E-state index contributed by atoms with van der Waals surface area (Å²) in [5.41, 5.74) is 1.01. The summed E-state index contributed by atoms with van der Waals surface area (Å²) in [6.07, 6.45) is 1.24. The van der Waals surface area contributed by atoms with Gasteiger partial charge in [-0.2, -0.15) is 0 Å². The molecular weight excluding hydrogens is 346 g/mol. The molecule has 0 bridgehead atoms. The van der Waals surface area contributed by atoms with Crippen LogP contribution in [0.2, 0.25) is 0 Å². The number of hydrogen-bond acceptors (Lipinski definition) is 6. The summed E-state index contributed by atoms with van der Waals surface area (Å²) in [5, 5.41) is 12.7. The molecule has 1 saturated heterocycles. The number of rotatable bonds is 3. The van der Waals surface area contributed by atoms with E-state index in [-0.39, 0.29) is 10.6 Å². The minimum atomic E-state index is -0.840. The van der Waals surface area contributed by atoms with E-state index in [4.69, 9.17) is 0 Å². The second-order valence-corrected chi connectivity index (χ2v) is 6.32. The molecule has 0 spiro atoms. The molecular formula is C16H11N3O5S. The molecule has 1 aliphatic heterocycles. The van der Waals surface area contributed by atoms with Crippen LogP contribution in [-0.4, -0.2) is 22.8 Å². The van der Waals surface area contributed by atoms with Crippen LogP contribution in [0.5, 0.6) is 0 Å². The van der Waals surface area contributed by atoms with Crippen LogP contribution in [0, 0.1) is 17.0 Å². The lowest BCUT2D eigenvalue weighted by molar-refractivity contribution is -0.380. The quantitative estimate of drug-likeness (QED) is 0.393. The zero-order valence-electron chi connectivity index (χ0n) is 12.9. The number of carbonyl (C=O) groups excluding carboxylic acids is 3. The molecule has 0 aliphatic carbocycles. The van der Waals surface area contributed by atoms with Gasteiger partial charge >= 0.3 is 11.0 Å². The Morgan fingerprint density at radius 1 is 1.12 bits per heavy atom. The maximum absolute atomic E-state index is 12.6. The van der Waals surface area contributed by atoms with Crippen molar-refractivity contribution in [3.63, 3.8) is 0 Å². The predicted octanol–water partition coefficient (Wildman–Crippen LogP) is 2.63. The van der Waals surface area contributed by atoms with Gasteiger partial charge in [0.25, 0.3) is 11.8 Å². The molecule has 8 nitrogen and oxygen atoms in total. The van der Waals surface area contributed by atoms with E-state index in [9.17, 15) is 24.5 Å². The van der Waals surface area contributed by atoms with E-state index in [0.29, 0.717) is 10.6 Å². The van der Waals surface area contributed by atoms with Crippen molar-refractivity contribution in [2.75, 3.05) is 4.90 Å². The Kier molecular flexibility index (Phi) is 4.15. The van der Waals surface area contributed by atoms with Crippen LogP contribution < -0.4 is 10.2 Å². The molecule has 1 fully saturated rings. The summed E-state index contributed by atoms with van der Waals surface area (Å²) in [7, 11) is 0. The minimum Gasteiger partial charge on any atom is -0.273 e. The number of nitrogens with zero attached hydrogens (tertiary/aromatic N) is 2. The van der Waals surface area contributed by atoms with Gasteiger partial charge in [0.2, 0.25) is 0 Å². The Morgan fingerprint density at radius 3 is 2.40 bits per heavy atom. The summed E-state index contributed by atoms with van der Waals surface area (Å²) in [4.78, 5) is 48.1. The third-order valence-electron chi connectivity index (χ3n) is 3.47. The van der Waals surface area contributed by atoms with Crippen LogP contribution in [0.4, 0.5) is 15.5 Å². The highest BCUT2D eigenvalue weighted by molar-refractivity contribution is 7.16. The monoisotopic (exact) mass is 357 g/mol. The van der Waals surface area contributed by atoms with Crippen LogP contribution in [-0.2, 0) is 9.59 Å². The fourth-order valence-electron chi connectivity index (χ4n) is 2.25. The van der Waals surface area contributed by atoms with Gasteiger partial charge in [0, 0.05) is 10.9 Å². The van der Waals surface area contributed by atoms with Crippen LogP contribution in [0.15, 0.2) is 42.0 Å². The Labute approximate surface area is 145 Å². The summed E-state index contributed by atoms with van der Waals surface area (Å²) in [5.74, 6) is -1.62. The minimum absolute atomic E-state index is 0.109. The molecule has 1 N–H and O–H groups in total. The number of carbonyl (C=O) groups is 3. The lowest BCUT2D eigenvalue weighted by atomic mass is 10.1. The topological polar surface area (TPSA) is 110 Å². The zero-order chi connectivity index (χ0) is 18.1. The number of benzene rings is 1. The molecule has 0 unspecified atom stereocenters. The van der Waals surface area contributed by atoms with Crippen molar-refractivity contribution in [3.05, 3.63) is 62.5 Å². The number of urea groups is 1. The van der Waals surface area contributed by atoms with Gasteiger partial charge in [-0.1, -0.05) is 29.0 Å². The van der Waals surface area contributed by atoms with Gasteiger partial charge in [-0.25, -0.2) is 9.69 Å². The maximum atomic E-state index is 12.6. The van der Waals surface area contributed by atoms with Crippen molar-refractivity contribution in [2.45, 2.75) is 6.92 Å². The predicted molar refractivity (Wildman–Crippen MR) is 91.2 cm³/mol. The van der Waals surface area contributed by atoms with Crippen LogP contribution >= 0.6 is 11.3 Å². The average Bonchev–Trinajstić information content (AvgIpc) is 3.02. The lowest BCUT2D eigenvalue weighted by Gasteiger charge is -2.26. The molecule has 1 aromatic heterocycles. The fraction of sp³-hybridized carbons (Fsp3) is 0.0625. The average molecular weight is 357 g/mol. The second kappa shape index (κ2) is 6.29. The fourth-order valence-corrected chi connectivity index (χ4v) is 3.01. The summed E-state index contributed by atoms with van der Waals surface area (Å²) >= 11 is 0.827. The number of barbiturate groups is 1. The van der Waals surface area contributed by atoms with E-state index in [1.54, 1.807) is 24.3 Å². The van der Waals surface area contributed by atoms with Crippen LogP contribution in [0.25, 0.3) is 6.08 Å². The lowest BCUT2D eigenvalue weighted by Crippen LogP contribution is -2.54. The molecule has 126 valence electrons. The van der Waals surface area contributed by atoms with E-state index < -0.39 is 22.8 Å². The molecule has 25 heavy (non-hydrogen) atoms. The second-order valence-electron chi connectivity index (χ2n) is 5.23. The van der Waals surface area contributed by atoms with Gasteiger partial charge < -0.3 is 0 Å². The van der Waals surface area contributed by atoms with Crippen molar-refractivity contribution < 1.29 is 19.3 Å². The third-order valence-corrected chi connectivity index (χ3v) is 4.46. The normalized spacial score (nSPS) is 16.3. The Morgan fingerprint density at radius 2 is 1.80 bits per heavy atom. The molecule has 0 atom stereocenters. The van der Waals surface area contributed by atoms with Crippen molar-refractivity contribution in [1.29, 1.82) is 0 Å². The van der Waals surface area contributed by atoms with Gasteiger partial charge in [-0.15, -0.1) is 0 Å². The first-order valence-electron chi connectivity index (χ1n) is 7.09. The molecule has 3 rings (SSSR count). The highest BCUT2D eigenvalue weighted by Crippen LogP contribution is 2.28.